The summed E-state index contributed by atoms with van der Waals surface area (Å²) in [4.78, 5) is 23.2. The molecule has 0 aliphatic rings. The molecule has 0 bridgehead atoms. The van der Waals surface area contributed by atoms with Crippen molar-refractivity contribution in [1.82, 2.24) is 0 Å². The van der Waals surface area contributed by atoms with Crippen LogP contribution in [0.2, 0.25) is 0 Å². The third-order valence-electron chi connectivity index (χ3n) is 4.79. The topological polar surface area (TPSA) is 87.9 Å². The Kier molecular flexibility index (Phi) is 7.92. The molecule has 0 aliphatic carbocycles. The van der Waals surface area contributed by atoms with Crippen molar-refractivity contribution < 1.29 is 32.7 Å². The molecule has 0 amide bonds. The van der Waals surface area contributed by atoms with E-state index in [1.165, 1.54) is 43.5 Å². The fraction of sp³-hybridized carbons (Fsp3) is 0.160. The third-order valence-corrected chi connectivity index (χ3v) is 4.79. The van der Waals surface area contributed by atoms with E-state index in [-0.39, 0.29) is 29.6 Å². The molecule has 3 aromatic carbocycles. The van der Waals surface area contributed by atoms with Gasteiger partial charge in [-0.15, -0.1) is 0 Å². The number of hydrogen-bond acceptors (Lipinski definition) is 6. The number of aryl methyl sites for hydroxylation is 1. The molecule has 34 heavy (non-hydrogen) atoms. The molecule has 3 rings (SSSR count). The van der Waals surface area contributed by atoms with Crippen molar-refractivity contribution in [2.24, 2.45) is 0 Å². The molecule has 0 aromatic heterocycles. The summed E-state index contributed by atoms with van der Waals surface area (Å²) in [5.74, 6) is 0.289. The monoisotopic (exact) mass is 469 g/mol. The van der Waals surface area contributed by atoms with Crippen LogP contribution in [0, 0.1) is 17.0 Å². The van der Waals surface area contributed by atoms with E-state index in [0.29, 0.717) is 22.4 Å². The molecular weight excluding hydrogens is 448 g/mol. The van der Waals surface area contributed by atoms with Gasteiger partial charge in [0.05, 0.1) is 12.0 Å². The zero-order valence-electron chi connectivity index (χ0n) is 18.4. The molecule has 0 heterocycles. The second-order valence-electron chi connectivity index (χ2n) is 7.19. The number of alkyl halides is 2. The summed E-state index contributed by atoms with van der Waals surface area (Å²) in [7, 11) is 1.49. The van der Waals surface area contributed by atoms with Crippen molar-refractivity contribution in [2.45, 2.75) is 20.1 Å². The van der Waals surface area contributed by atoms with E-state index in [1.807, 2.05) is 0 Å². The number of rotatable bonds is 10. The minimum atomic E-state index is -2.94. The van der Waals surface area contributed by atoms with E-state index in [4.69, 9.17) is 9.47 Å². The number of carbonyl (C=O) groups excluding carboxylic acids is 1. The molecule has 0 fully saturated rings. The van der Waals surface area contributed by atoms with Crippen molar-refractivity contribution in [2.75, 3.05) is 7.11 Å². The molecule has 0 aliphatic heterocycles. The number of halogens is 2. The number of ether oxygens (including phenoxy) is 3. The van der Waals surface area contributed by atoms with Crippen LogP contribution < -0.4 is 14.2 Å². The molecular formula is C25H21F2NO6. The van der Waals surface area contributed by atoms with Gasteiger partial charge in [-0.05, 0) is 66.6 Å². The van der Waals surface area contributed by atoms with Crippen LogP contribution in [0.5, 0.6) is 17.2 Å². The van der Waals surface area contributed by atoms with Crippen LogP contribution in [0.1, 0.15) is 27.0 Å². The lowest BCUT2D eigenvalue weighted by atomic mass is 10.1. The van der Waals surface area contributed by atoms with Crippen LogP contribution in [0.25, 0.3) is 6.08 Å². The maximum absolute atomic E-state index is 12.4. The van der Waals surface area contributed by atoms with Crippen LogP contribution in [-0.2, 0) is 6.61 Å². The molecule has 0 radical (unpaired) electrons. The first-order chi connectivity index (χ1) is 16.3. The summed E-state index contributed by atoms with van der Waals surface area (Å²) in [6, 6.07) is 15.2. The van der Waals surface area contributed by atoms with E-state index in [9.17, 15) is 23.7 Å². The number of ketones is 1. The van der Waals surface area contributed by atoms with Gasteiger partial charge in [-0.1, -0.05) is 18.2 Å². The highest BCUT2D eigenvalue weighted by Crippen LogP contribution is 2.30. The van der Waals surface area contributed by atoms with Gasteiger partial charge in [-0.25, -0.2) is 0 Å². The van der Waals surface area contributed by atoms with Gasteiger partial charge in [0.15, 0.2) is 11.5 Å². The first-order valence-corrected chi connectivity index (χ1v) is 10.1. The van der Waals surface area contributed by atoms with Gasteiger partial charge in [-0.3, -0.25) is 14.9 Å². The lowest BCUT2D eigenvalue weighted by Crippen LogP contribution is -2.02. The number of nitro benzene ring substituents is 1. The van der Waals surface area contributed by atoms with Crippen molar-refractivity contribution in [3.8, 4) is 17.2 Å². The summed E-state index contributed by atoms with van der Waals surface area (Å²) < 4.78 is 39.8. The zero-order valence-corrected chi connectivity index (χ0v) is 18.4. The number of nitrogens with zero attached hydrogens (tertiary/aromatic N) is 1. The fourth-order valence-corrected chi connectivity index (χ4v) is 3.13. The van der Waals surface area contributed by atoms with Crippen LogP contribution in [0.4, 0.5) is 14.5 Å². The van der Waals surface area contributed by atoms with Crippen LogP contribution >= 0.6 is 0 Å². The van der Waals surface area contributed by atoms with Crippen LogP contribution in [0.3, 0.4) is 0 Å². The Labute approximate surface area is 194 Å². The molecule has 0 saturated heterocycles. The number of allylic oxidation sites excluding steroid dienone is 1. The van der Waals surface area contributed by atoms with Crippen molar-refractivity contribution in [3.63, 3.8) is 0 Å². The zero-order chi connectivity index (χ0) is 24.7. The first-order valence-electron chi connectivity index (χ1n) is 10.1. The number of carbonyl (C=O) groups is 1. The Morgan fingerprint density at radius 2 is 1.76 bits per heavy atom. The maximum atomic E-state index is 12.4. The molecule has 3 aromatic rings. The Bertz CT molecular complexity index is 1210. The fourth-order valence-electron chi connectivity index (χ4n) is 3.13. The Morgan fingerprint density at radius 3 is 2.41 bits per heavy atom. The summed E-state index contributed by atoms with van der Waals surface area (Å²) in [6.07, 6.45) is 2.93. The van der Waals surface area contributed by atoms with Gasteiger partial charge < -0.3 is 14.2 Å². The second-order valence-corrected chi connectivity index (χ2v) is 7.19. The highest BCUT2D eigenvalue weighted by Gasteiger charge is 2.16. The molecule has 0 spiro atoms. The molecule has 0 N–H and O–H groups in total. The summed E-state index contributed by atoms with van der Waals surface area (Å²) in [5.41, 5.74) is 2.21. The SMILES string of the molecule is COc1ccc(/C=C/C(=O)c2ccc(OC(F)F)cc2)cc1COc1ccc(C)cc1[N+](=O)[O-]. The Hall–Kier alpha value is -4.27. The highest BCUT2D eigenvalue weighted by molar-refractivity contribution is 6.06. The van der Waals surface area contributed by atoms with E-state index >= 15 is 0 Å². The maximum Gasteiger partial charge on any atom is 0.387 e. The summed E-state index contributed by atoms with van der Waals surface area (Å²) in [6.45, 7) is -1.18. The molecule has 176 valence electrons. The summed E-state index contributed by atoms with van der Waals surface area (Å²) in [5, 5.41) is 11.3. The van der Waals surface area contributed by atoms with Gasteiger partial charge in [0.25, 0.3) is 0 Å². The first kappa shape index (κ1) is 24.4. The van der Waals surface area contributed by atoms with Crippen molar-refractivity contribution in [1.29, 1.82) is 0 Å². The van der Waals surface area contributed by atoms with Gasteiger partial charge in [0.2, 0.25) is 0 Å². The average molecular weight is 469 g/mol. The molecule has 9 heteroatoms. The van der Waals surface area contributed by atoms with Gasteiger partial charge in [0.1, 0.15) is 18.1 Å². The lowest BCUT2D eigenvalue weighted by molar-refractivity contribution is -0.386. The second kappa shape index (κ2) is 11.0. The number of nitro groups is 1. The molecule has 0 saturated carbocycles. The highest BCUT2D eigenvalue weighted by atomic mass is 19.3. The van der Waals surface area contributed by atoms with Crippen LogP contribution in [-0.4, -0.2) is 24.4 Å². The largest absolute Gasteiger partial charge is 0.496 e. The van der Waals surface area contributed by atoms with E-state index in [1.54, 1.807) is 43.3 Å². The van der Waals surface area contributed by atoms with Gasteiger partial charge in [0, 0.05) is 17.2 Å². The average Bonchev–Trinajstić information content (AvgIpc) is 2.81. The molecule has 0 unspecified atom stereocenters. The minimum Gasteiger partial charge on any atom is -0.496 e. The summed E-state index contributed by atoms with van der Waals surface area (Å²) >= 11 is 0. The Balaban J connectivity index is 1.74. The van der Waals surface area contributed by atoms with Crippen molar-refractivity contribution >= 4 is 17.5 Å². The minimum absolute atomic E-state index is 0.00823. The van der Waals surface area contributed by atoms with Crippen LogP contribution in [0.15, 0.2) is 66.7 Å². The predicted molar refractivity (Wildman–Crippen MR) is 122 cm³/mol. The lowest BCUT2D eigenvalue weighted by Gasteiger charge is -2.12. The smallest absolute Gasteiger partial charge is 0.387 e. The van der Waals surface area contributed by atoms with Gasteiger partial charge >= 0.3 is 12.3 Å². The van der Waals surface area contributed by atoms with E-state index in [0.717, 1.165) is 5.56 Å². The quantitative estimate of drug-likeness (QED) is 0.157. The molecule has 0 atom stereocenters. The van der Waals surface area contributed by atoms with Gasteiger partial charge in [-0.2, -0.15) is 8.78 Å². The molecule has 7 nitrogen and oxygen atoms in total. The van der Waals surface area contributed by atoms with E-state index < -0.39 is 11.5 Å². The normalized spacial score (nSPS) is 11.0. The predicted octanol–water partition coefficient (Wildman–Crippen LogP) is 5.99. The number of methoxy groups -OCH3 is 1. The Morgan fingerprint density at radius 1 is 1.06 bits per heavy atom. The number of benzene rings is 3. The van der Waals surface area contributed by atoms with Crippen molar-refractivity contribution in [3.05, 3.63) is 99.1 Å². The van der Waals surface area contributed by atoms with E-state index in [2.05, 4.69) is 4.74 Å². The standard InChI is InChI=1S/C25H21F2NO6/c1-16-3-11-24(21(13-16)28(30)31)33-15-19-14-17(5-12-23(19)32-2)4-10-22(29)18-6-8-20(9-7-18)34-25(26)27/h3-14,25H,15H2,1-2H3/b10-4+. The number of hydrogen-bond donors (Lipinski definition) is 0. The third kappa shape index (κ3) is 6.38.